The summed E-state index contributed by atoms with van der Waals surface area (Å²) in [4.78, 5) is 7.17. The first-order valence-corrected chi connectivity index (χ1v) is 9.13. The maximum absolute atomic E-state index is 6.04. The number of unbranched alkanes of at least 4 members (excludes halogenated alkanes) is 1. The lowest BCUT2D eigenvalue weighted by molar-refractivity contribution is 0.333. The number of nitrogens with one attached hydrogen (secondary N) is 1. The van der Waals surface area contributed by atoms with Gasteiger partial charge in [-0.25, -0.2) is 0 Å². The predicted octanol–water partition coefficient (Wildman–Crippen LogP) is 5.07. The predicted molar refractivity (Wildman–Crippen MR) is 108 cm³/mol. The summed E-state index contributed by atoms with van der Waals surface area (Å²) in [5, 5.41) is 5.20. The Balaban J connectivity index is 0.00000132. The third kappa shape index (κ3) is 6.35. The lowest BCUT2D eigenvalue weighted by Gasteiger charge is -2.18. The smallest absolute Gasteiger partial charge is 0.161 e. The van der Waals surface area contributed by atoms with E-state index in [2.05, 4.69) is 15.2 Å². The molecule has 1 aromatic rings. The van der Waals surface area contributed by atoms with Gasteiger partial charge in [-0.2, -0.15) is 0 Å². The lowest BCUT2D eigenvalue weighted by atomic mass is 10.1. The van der Waals surface area contributed by atoms with E-state index in [0.29, 0.717) is 0 Å². The molecule has 2 aliphatic rings. The molecule has 2 aliphatic heterocycles. The fraction of sp³-hybridized carbons (Fsp3) is 0.562. The number of aliphatic imine (C=N–C) groups is 1. The van der Waals surface area contributed by atoms with Gasteiger partial charge in [0.2, 0.25) is 0 Å². The van der Waals surface area contributed by atoms with Crippen LogP contribution in [-0.2, 0) is 6.54 Å². The maximum Gasteiger partial charge on any atom is 0.161 e. The van der Waals surface area contributed by atoms with Gasteiger partial charge in [-0.1, -0.05) is 29.4 Å². The van der Waals surface area contributed by atoms with E-state index in [1.807, 2.05) is 30.0 Å². The van der Waals surface area contributed by atoms with E-state index >= 15 is 0 Å². The van der Waals surface area contributed by atoms with Crippen LogP contribution in [0.3, 0.4) is 0 Å². The molecule has 1 saturated heterocycles. The molecule has 0 unspecified atom stereocenters. The van der Waals surface area contributed by atoms with Crippen LogP contribution in [0.25, 0.3) is 0 Å². The fourth-order valence-corrected chi connectivity index (χ4v) is 3.86. The van der Waals surface area contributed by atoms with Crippen molar-refractivity contribution in [3.05, 3.63) is 28.8 Å². The third-order valence-electron chi connectivity index (χ3n) is 4.01. The van der Waals surface area contributed by atoms with Gasteiger partial charge in [0.05, 0.1) is 6.54 Å². The van der Waals surface area contributed by atoms with Gasteiger partial charge >= 0.3 is 0 Å². The van der Waals surface area contributed by atoms with Crippen molar-refractivity contribution in [2.24, 2.45) is 4.99 Å². The largest absolute Gasteiger partial charge is 0.335 e. The molecule has 7 heteroatoms. The van der Waals surface area contributed by atoms with Crippen molar-refractivity contribution in [2.75, 3.05) is 30.7 Å². The monoisotopic (exact) mass is 395 g/mol. The number of hydrogen-bond donors (Lipinski definition) is 1. The average molecular weight is 397 g/mol. The normalized spacial score (nSPS) is 16.7. The molecule has 3 nitrogen and oxygen atoms in total. The van der Waals surface area contributed by atoms with Crippen LogP contribution in [0, 0.1) is 0 Å². The lowest BCUT2D eigenvalue weighted by Crippen LogP contribution is -2.20. The number of hydrogen-bond acceptors (Lipinski definition) is 4. The summed E-state index contributed by atoms with van der Waals surface area (Å²) in [5.41, 5.74) is 2.33. The van der Waals surface area contributed by atoms with E-state index < -0.39 is 0 Å². The van der Waals surface area contributed by atoms with E-state index in [-0.39, 0.29) is 24.8 Å². The summed E-state index contributed by atoms with van der Waals surface area (Å²) in [7, 11) is 0. The summed E-state index contributed by atoms with van der Waals surface area (Å²) in [6.45, 7) is 4.63. The Bertz CT molecular complexity index is 519. The van der Waals surface area contributed by atoms with E-state index in [9.17, 15) is 0 Å². The Morgan fingerprint density at radius 3 is 2.74 bits per heavy atom. The zero-order valence-electron chi connectivity index (χ0n) is 13.1. The molecule has 0 atom stereocenters. The first-order chi connectivity index (χ1) is 10.3. The topological polar surface area (TPSA) is 27.6 Å². The van der Waals surface area contributed by atoms with E-state index in [4.69, 9.17) is 11.6 Å². The van der Waals surface area contributed by atoms with Gasteiger partial charge in [-0.3, -0.25) is 4.99 Å². The summed E-state index contributed by atoms with van der Waals surface area (Å²) in [5.74, 6) is 1.13. The zero-order chi connectivity index (χ0) is 14.5. The molecule has 1 aromatic carbocycles. The van der Waals surface area contributed by atoms with Gasteiger partial charge in [0, 0.05) is 16.5 Å². The minimum absolute atomic E-state index is 0. The Labute approximate surface area is 160 Å². The fourth-order valence-electron chi connectivity index (χ4n) is 2.81. The zero-order valence-corrected chi connectivity index (χ0v) is 16.3. The number of rotatable bonds is 5. The minimum Gasteiger partial charge on any atom is -0.335 e. The number of likely N-dealkylation sites (tertiary alicyclic amines) is 1. The van der Waals surface area contributed by atoms with Crippen LogP contribution in [0.2, 0.25) is 5.02 Å². The molecule has 0 bridgehead atoms. The van der Waals surface area contributed by atoms with Crippen molar-refractivity contribution in [3.8, 4) is 0 Å². The molecule has 23 heavy (non-hydrogen) atoms. The van der Waals surface area contributed by atoms with Crippen LogP contribution in [0.4, 0.5) is 5.69 Å². The number of halogens is 3. The van der Waals surface area contributed by atoms with Gasteiger partial charge in [0.25, 0.3) is 0 Å². The molecule has 0 spiro atoms. The SMILES string of the molecule is Cl.Cl.Clc1ccc2c(c1)NC(SCCCCN1CCCC1)=NC2. The molecule has 0 amide bonds. The number of amidine groups is 1. The molecule has 1 N–H and O–H groups in total. The molecule has 0 aromatic heterocycles. The standard InChI is InChI=1S/C16H22ClN3S.2ClH/c17-14-6-5-13-12-18-16(19-15(13)11-14)21-10-4-3-9-20-7-1-2-8-20;;/h5-6,11H,1-4,7-10,12H2,(H,18,19);2*1H. The molecule has 2 heterocycles. The van der Waals surface area contributed by atoms with Gasteiger partial charge < -0.3 is 10.2 Å². The van der Waals surface area contributed by atoms with Crippen LogP contribution in [0.15, 0.2) is 23.2 Å². The van der Waals surface area contributed by atoms with Crippen molar-refractivity contribution in [1.82, 2.24) is 4.90 Å². The Morgan fingerprint density at radius 1 is 1.17 bits per heavy atom. The minimum atomic E-state index is 0. The molecule has 1 fully saturated rings. The van der Waals surface area contributed by atoms with Crippen molar-refractivity contribution in [1.29, 1.82) is 0 Å². The summed E-state index contributed by atoms with van der Waals surface area (Å²) < 4.78 is 0. The summed E-state index contributed by atoms with van der Waals surface area (Å²) in [6.07, 6.45) is 5.32. The quantitative estimate of drug-likeness (QED) is 0.704. The van der Waals surface area contributed by atoms with Gasteiger partial charge in [0.15, 0.2) is 5.17 Å². The Kier molecular flexibility index (Phi) is 9.71. The second kappa shape index (κ2) is 10.7. The average Bonchev–Trinajstić information content (AvgIpc) is 3.00. The third-order valence-corrected chi connectivity index (χ3v) is 5.25. The van der Waals surface area contributed by atoms with Crippen molar-refractivity contribution in [3.63, 3.8) is 0 Å². The molecule has 0 radical (unpaired) electrons. The second-order valence-corrected chi connectivity index (χ2v) is 7.17. The van der Waals surface area contributed by atoms with Crippen LogP contribution < -0.4 is 5.32 Å². The number of benzene rings is 1. The number of fused-ring (bicyclic) bond motifs is 1. The van der Waals surface area contributed by atoms with E-state index in [1.54, 1.807) is 0 Å². The molecule has 0 aliphatic carbocycles. The van der Waals surface area contributed by atoms with Gasteiger partial charge in [0.1, 0.15) is 0 Å². The first kappa shape index (κ1) is 20.9. The van der Waals surface area contributed by atoms with Crippen LogP contribution >= 0.6 is 48.2 Å². The van der Waals surface area contributed by atoms with Crippen molar-refractivity contribution < 1.29 is 0 Å². The van der Waals surface area contributed by atoms with Crippen molar-refractivity contribution >= 4 is 59.0 Å². The van der Waals surface area contributed by atoms with Crippen molar-refractivity contribution in [2.45, 2.75) is 32.2 Å². The highest BCUT2D eigenvalue weighted by Crippen LogP contribution is 2.26. The summed E-state index contributed by atoms with van der Waals surface area (Å²) in [6, 6.07) is 5.96. The Morgan fingerprint density at radius 2 is 1.96 bits per heavy atom. The number of nitrogens with zero attached hydrogens (tertiary/aromatic N) is 2. The molecule has 3 rings (SSSR count). The maximum atomic E-state index is 6.04. The second-order valence-electron chi connectivity index (χ2n) is 5.65. The first-order valence-electron chi connectivity index (χ1n) is 7.76. The highest BCUT2D eigenvalue weighted by molar-refractivity contribution is 8.14. The molecular weight excluding hydrogens is 373 g/mol. The number of thioether (sulfide) groups is 1. The van der Waals surface area contributed by atoms with E-state index in [1.165, 1.54) is 50.9 Å². The molecule has 130 valence electrons. The summed E-state index contributed by atoms with van der Waals surface area (Å²) >= 11 is 7.87. The van der Waals surface area contributed by atoms with E-state index in [0.717, 1.165) is 28.2 Å². The highest BCUT2D eigenvalue weighted by atomic mass is 35.5. The van der Waals surface area contributed by atoms with Gasteiger partial charge in [-0.15, -0.1) is 24.8 Å². The number of anilines is 1. The van der Waals surface area contributed by atoms with Crippen LogP contribution in [-0.4, -0.2) is 35.5 Å². The highest BCUT2D eigenvalue weighted by Gasteiger charge is 2.13. The van der Waals surface area contributed by atoms with Gasteiger partial charge in [-0.05, 0) is 63.0 Å². The molecular formula is C16H24Cl3N3S. The van der Waals surface area contributed by atoms with Crippen LogP contribution in [0.5, 0.6) is 0 Å². The molecule has 0 saturated carbocycles. The van der Waals surface area contributed by atoms with Crippen LogP contribution in [0.1, 0.15) is 31.2 Å². The Hall–Kier alpha value is -0.130.